The molecule has 3 aliphatic rings. The fourth-order valence-electron chi connectivity index (χ4n) is 2.95. The maximum Gasteiger partial charge on any atom is 0.316 e. The standard InChI is InChI=1S/C10H16ClNO/c1-12(10(11)13)9-6-7-2-4-8(9)5-3-7/h7-9H,2-6H2,1H3. The van der Waals surface area contributed by atoms with Crippen molar-refractivity contribution in [2.24, 2.45) is 11.8 Å². The normalized spacial score (nSPS) is 37.5. The number of fused-ring (bicyclic) bond motifs is 3. The molecule has 0 aromatic carbocycles. The van der Waals surface area contributed by atoms with Crippen LogP contribution in [0.1, 0.15) is 32.1 Å². The topological polar surface area (TPSA) is 20.3 Å². The number of hydrogen-bond donors (Lipinski definition) is 0. The van der Waals surface area contributed by atoms with Crippen LogP contribution in [0.4, 0.5) is 4.79 Å². The second-order valence-electron chi connectivity index (χ2n) is 4.45. The molecule has 1 atom stereocenters. The molecule has 3 saturated carbocycles. The van der Waals surface area contributed by atoms with E-state index in [-0.39, 0.29) is 5.37 Å². The zero-order valence-electron chi connectivity index (χ0n) is 8.00. The quantitative estimate of drug-likeness (QED) is 0.472. The Hall–Kier alpha value is -0.240. The Morgan fingerprint density at radius 3 is 2.31 bits per heavy atom. The van der Waals surface area contributed by atoms with Crippen LogP contribution >= 0.6 is 11.6 Å². The van der Waals surface area contributed by atoms with Gasteiger partial charge < -0.3 is 4.90 Å². The van der Waals surface area contributed by atoms with Gasteiger partial charge in [0.1, 0.15) is 0 Å². The van der Waals surface area contributed by atoms with E-state index in [4.69, 9.17) is 11.6 Å². The van der Waals surface area contributed by atoms with Gasteiger partial charge in [0, 0.05) is 13.1 Å². The number of nitrogens with zero attached hydrogens (tertiary/aromatic N) is 1. The fraction of sp³-hybridized carbons (Fsp3) is 0.900. The molecule has 0 N–H and O–H groups in total. The van der Waals surface area contributed by atoms with Gasteiger partial charge in [-0.3, -0.25) is 4.79 Å². The Kier molecular flexibility index (Phi) is 2.50. The zero-order valence-corrected chi connectivity index (χ0v) is 8.76. The SMILES string of the molecule is CN(C(=O)Cl)C1CC2CCC1CC2. The molecule has 74 valence electrons. The first kappa shape index (κ1) is 9.32. The van der Waals surface area contributed by atoms with E-state index in [1.807, 2.05) is 7.05 Å². The van der Waals surface area contributed by atoms with Crippen molar-refractivity contribution in [2.75, 3.05) is 7.05 Å². The molecule has 3 aliphatic carbocycles. The second-order valence-corrected chi connectivity index (χ2v) is 4.77. The van der Waals surface area contributed by atoms with Crippen LogP contribution in [0.25, 0.3) is 0 Å². The molecule has 0 spiro atoms. The Labute approximate surface area is 84.2 Å². The molecule has 0 aromatic heterocycles. The summed E-state index contributed by atoms with van der Waals surface area (Å²) in [6.45, 7) is 0. The predicted octanol–water partition coefficient (Wildman–Crippen LogP) is 2.86. The van der Waals surface area contributed by atoms with Gasteiger partial charge >= 0.3 is 5.37 Å². The van der Waals surface area contributed by atoms with E-state index < -0.39 is 0 Å². The van der Waals surface area contributed by atoms with E-state index in [2.05, 4.69) is 0 Å². The van der Waals surface area contributed by atoms with E-state index in [1.54, 1.807) is 4.90 Å². The van der Waals surface area contributed by atoms with Crippen molar-refractivity contribution in [3.05, 3.63) is 0 Å². The molecule has 0 heterocycles. The van der Waals surface area contributed by atoms with Crippen molar-refractivity contribution in [3.63, 3.8) is 0 Å². The minimum atomic E-state index is -0.294. The number of hydrogen-bond acceptors (Lipinski definition) is 1. The zero-order chi connectivity index (χ0) is 9.42. The molecular weight excluding hydrogens is 186 g/mol. The van der Waals surface area contributed by atoms with E-state index in [0.717, 1.165) is 11.8 Å². The molecule has 0 aliphatic heterocycles. The summed E-state index contributed by atoms with van der Waals surface area (Å²) in [5.74, 6) is 1.58. The maximum absolute atomic E-state index is 11.0. The van der Waals surface area contributed by atoms with Crippen LogP contribution in [0.15, 0.2) is 0 Å². The van der Waals surface area contributed by atoms with Crippen LogP contribution < -0.4 is 0 Å². The van der Waals surface area contributed by atoms with Gasteiger partial charge in [-0.25, -0.2) is 0 Å². The van der Waals surface area contributed by atoms with Gasteiger partial charge in [-0.2, -0.15) is 0 Å². The molecule has 13 heavy (non-hydrogen) atoms. The van der Waals surface area contributed by atoms with E-state index >= 15 is 0 Å². The van der Waals surface area contributed by atoms with Crippen molar-refractivity contribution < 1.29 is 4.79 Å². The van der Waals surface area contributed by atoms with Gasteiger partial charge in [0.25, 0.3) is 0 Å². The third-order valence-electron chi connectivity index (χ3n) is 3.79. The van der Waals surface area contributed by atoms with Crippen LogP contribution in [-0.2, 0) is 0 Å². The number of amides is 1. The van der Waals surface area contributed by atoms with Crippen LogP contribution in [0.2, 0.25) is 0 Å². The first-order valence-corrected chi connectivity index (χ1v) is 5.48. The molecule has 2 nitrogen and oxygen atoms in total. The summed E-state index contributed by atoms with van der Waals surface area (Å²) in [7, 11) is 1.83. The van der Waals surface area contributed by atoms with Crippen LogP contribution in [0.5, 0.6) is 0 Å². The van der Waals surface area contributed by atoms with Gasteiger partial charge in [-0.05, 0) is 42.7 Å². The van der Waals surface area contributed by atoms with Crippen molar-refractivity contribution in [2.45, 2.75) is 38.1 Å². The van der Waals surface area contributed by atoms with Crippen LogP contribution in [0.3, 0.4) is 0 Å². The fourth-order valence-corrected chi connectivity index (χ4v) is 3.07. The molecule has 0 saturated heterocycles. The smallest absolute Gasteiger partial charge is 0.316 e. The molecular formula is C10H16ClNO. The monoisotopic (exact) mass is 201 g/mol. The Balaban J connectivity index is 2.04. The lowest BCUT2D eigenvalue weighted by Gasteiger charge is -2.45. The average molecular weight is 202 g/mol. The Morgan fingerprint density at radius 2 is 1.92 bits per heavy atom. The lowest BCUT2D eigenvalue weighted by molar-refractivity contribution is 0.0723. The Bertz CT molecular complexity index is 211. The third-order valence-corrected chi connectivity index (χ3v) is 4.05. The highest BCUT2D eigenvalue weighted by Gasteiger charge is 2.38. The van der Waals surface area contributed by atoms with Crippen molar-refractivity contribution in [3.8, 4) is 0 Å². The van der Waals surface area contributed by atoms with Gasteiger partial charge in [0.2, 0.25) is 0 Å². The molecule has 1 amide bonds. The summed E-state index contributed by atoms with van der Waals surface area (Å²) in [5, 5.41) is -0.294. The molecule has 2 bridgehead atoms. The highest BCUT2D eigenvalue weighted by molar-refractivity contribution is 6.62. The Morgan fingerprint density at radius 1 is 1.31 bits per heavy atom. The largest absolute Gasteiger partial charge is 0.329 e. The number of rotatable bonds is 1. The van der Waals surface area contributed by atoms with E-state index in [9.17, 15) is 4.79 Å². The van der Waals surface area contributed by atoms with Crippen molar-refractivity contribution >= 4 is 17.0 Å². The molecule has 0 radical (unpaired) electrons. The molecule has 3 fully saturated rings. The lowest BCUT2D eigenvalue weighted by Crippen LogP contribution is -2.46. The minimum Gasteiger partial charge on any atom is -0.329 e. The predicted molar refractivity (Wildman–Crippen MR) is 52.9 cm³/mol. The summed E-state index contributed by atoms with van der Waals surface area (Å²) in [4.78, 5) is 12.7. The van der Waals surface area contributed by atoms with Gasteiger partial charge in [0.05, 0.1) is 0 Å². The van der Waals surface area contributed by atoms with Gasteiger partial charge in [-0.1, -0.05) is 12.8 Å². The maximum atomic E-state index is 11.0. The minimum absolute atomic E-state index is 0.294. The van der Waals surface area contributed by atoms with E-state index in [1.165, 1.54) is 32.1 Å². The van der Waals surface area contributed by atoms with Crippen molar-refractivity contribution in [1.29, 1.82) is 0 Å². The average Bonchev–Trinajstić information content (AvgIpc) is 2.18. The third kappa shape index (κ3) is 1.69. The first-order valence-electron chi connectivity index (χ1n) is 5.10. The van der Waals surface area contributed by atoms with Gasteiger partial charge in [0.15, 0.2) is 0 Å². The molecule has 1 unspecified atom stereocenters. The number of halogens is 1. The highest BCUT2D eigenvalue weighted by atomic mass is 35.5. The summed E-state index contributed by atoms with van der Waals surface area (Å²) in [5.41, 5.74) is 0. The van der Waals surface area contributed by atoms with Crippen LogP contribution in [-0.4, -0.2) is 23.4 Å². The summed E-state index contributed by atoms with van der Waals surface area (Å²) >= 11 is 5.49. The summed E-state index contributed by atoms with van der Waals surface area (Å²) in [6, 6.07) is 0.428. The first-order chi connectivity index (χ1) is 6.18. The van der Waals surface area contributed by atoms with Crippen molar-refractivity contribution in [1.82, 2.24) is 4.90 Å². The summed E-state index contributed by atoms with van der Waals surface area (Å²) in [6.07, 6.45) is 6.50. The summed E-state index contributed by atoms with van der Waals surface area (Å²) < 4.78 is 0. The van der Waals surface area contributed by atoms with Crippen LogP contribution in [0, 0.1) is 11.8 Å². The molecule has 0 aromatic rings. The highest BCUT2D eigenvalue weighted by Crippen LogP contribution is 2.43. The number of carbonyl (C=O) groups excluding carboxylic acids is 1. The molecule has 3 rings (SSSR count). The second kappa shape index (κ2) is 3.49. The lowest BCUT2D eigenvalue weighted by atomic mass is 9.67. The van der Waals surface area contributed by atoms with E-state index in [0.29, 0.717) is 6.04 Å². The van der Waals surface area contributed by atoms with Gasteiger partial charge in [-0.15, -0.1) is 0 Å². The number of carbonyl (C=O) groups is 1. The molecule has 3 heteroatoms.